The van der Waals surface area contributed by atoms with E-state index in [1.807, 2.05) is 30.9 Å². The van der Waals surface area contributed by atoms with E-state index in [-0.39, 0.29) is 28.8 Å². The molecule has 1 aromatic carbocycles. The third-order valence-corrected chi connectivity index (χ3v) is 7.57. The molecule has 2 aliphatic carbocycles. The highest BCUT2D eigenvalue weighted by atomic mass is 19.1. The molecule has 1 spiro atoms. The third kappa shape index (κ3) is 4.09. The quantitative estimate of drug-likeness (QED) is 0.664. The molecule has 0 unspecified atom stereocenters. The molecule has 0 atom stereocenters. The lowest BCUT2D eigenvalue weighted by molar-refractivity contribution is -0.140. The van der Waals surface area contributed by atoms with Crippen LogP contribution in [0, 0.1) is 31.0 Å². The zero-order valence-corrected chi connectivity index (χ0v) is 19.1. The summed E-state index contributed by atoms with van der Waals surface area (Å²) >= 11 is 0. The molecule has 2 saturated carbocycles. The highest BCUT2D eigenvalue weighted by molar-refractivity contribution is 6.10. The summed E-state index contributed by atoms with van der Waals surface area (Å²) in [6.07, 6.45) is 6.43. The van der Waals surface area contributed by atoms with E-state index >= 15 is 0 Å². The van der Waals surface area contributed by atoms with Gasteiger partial charge in [0.25, 0.3) is 0 Å². The number of amides is 1. The summed E-state index contributed by atoms with van der Waals surface area (Å²) in [4.78, 5) is 49.1. The number of aryl methyl sites for hydroxylation is 2. The van der Waals surface area contributed by atoms with E-state index in [1.54, 1.807) is 0 Å². The highest BCUT2D eigenvalue weighted by Gasteiger charge is 2.48. The Hall–Kier alpha value is -2.96. The molecule has 172 valence electrons. The maximum atomic E-state index is 13.3. The first-order chi connectivity index (χ1) is 15.8. The van der Waals surface area contributed by atoms with Gasteiger partial charge in [0.15, 0.2) is 11.6 Å². The van der Waals surface area contributed by atoms with E-state index in [0.29, 0.717) is 44.6 Å². The zero-order chi connectivity index (χ0) is 23.3. The normalized spacial score (nSPS) is 21.0. The summed E-state index contributed by atoms with van der Waals surface area (Å²) < 4.78 is 13.2. The summed E-state index contributed by atoms with van der Waals surface area (Å²) in [6.45, 7) is 5.07. The molecule has 0 N–H and O–H groups in total. The van der Waals surface area contributed by atoms with Crippen LogP contribution in [0.5, 0.6) is 0 Å². The number of ketones is 2. The van der Waals surface area contributed by atoms with Crippen LogP contribution in [0.4, 0.5) is 4.39 Å². The molecule has 3 aliphatic rings. The SMILES string of the molecule is Cc1cc(-c2ncc(F)cn2)cc(C)c1C1C(=O)CC2(CCN(C(=O)C3CC3)CC2)CC1=O. The molecular weight excluding hydrogens is 421 g/mol. The van der Waals surface area contributed by atoms with Crippen molar-refractivity contribution in [2.24, 2.45) is 11.3 Å². The first-order valence-corrected chi connectivity index (χ1v) is 11.7. The molecule has 3 fully saturated rings. The van der Waals surface area contributed by atoms with Crippen molar-refractivity contribution < 1.29 is 18.8 Å². The van der Waals surface area contributed by atoms with Gasteiger partial charge in [-0.3, -0.25) is 14.4 Å². The maximum Gasteiger partial charge on any atom is 0.225 e. The Bertz CT molecular complexity index is 1090. The average molecular weight is 450 g/mol. The fraction of sp³-hybridized carbons (Fsp3) is 0.500. The van der Waals surface area contributed by atoms with Crippen molar-refractivity contribution in [1.82, 2.24) is 14.9 Å². The van der Waals surface area contributed by atoms with Crippen molar-refractivity contribution in [2.75, 3.05) is 13.1 Å². The van der Waals surface area contributed by atoms with Crippen molar-refractivity contribution in [3.05, 3.63) is 47.0 Å². The van der Waals surface area contributed by atoms with Crippen molar-refractivity contribution in [1.29, 1.82) is 0 Å². The number of carbonyl (C=O) groups is 3. The van der Waals surface area contributed by atoms with Crippen LogP contribution in [0.2, 0.25) is 0 Å². The van der Waals surface area contributed by atoms with Gasteiger partial charge in [-0.1, -0.05) is 0 Å². The Morgan fingerprint density at radius 1 is 1.00 bits per heavy atom. The van der Waals surface area contributed by atoms with Crippen LogP contribution in [-0.2, 0) is 14.4 Å². The van der Waals surface area contributed by atoms with Crippen LogP contribution in [0.1, 0.15) is 61.1 Å². The molecule has 1 amide bonds. The van der Waals surface area contributed by atoms with Gasteiger partial charge in [0.2, 0.25) is 5.91 Å². The number of halogens is 1. The number of benzene rings is 1. The van der Waals surface area contributed by atoms with Gasteiger partial charge in [-0.25, -0.2) is 14.4 Å². The molecule has 0 radical (unpaired) electrons. The molecule has 2 heterocycles. The van der Waals surface area contributed by atoms with Gasteiger partial charge in [-0.15, -0.1) is 0 Å². The average Bonchev–Trinajstić information content (AvgIpc) is 3.61. The van der Waals surface area contributed by atoms with Crippen LogP contribution in [0.25, 0.3) is 11.4 Å². The second-order valence-electron chi connectivity index (χ2n) is 10.1. The largest absolute Gasteiger partial charge is 0.342 e. The number of carbonyl (C=O) groups excluding carboxylic acids is 3. The summed E-state index contributed by atoms with van der Waals surface area (Å²) in [6, 6.07) is 3.73. The van der Waals surface area contributed by atoms with E-state index in [4.69, 9.17) is 0 Å². The predicted octanol–water partition coefficient (Wildman–Crippen LogP) is 3.93. The van der Waals surface area contributed by atoms with Crippen LogP contribution in [-0.4, -0.2) is 45.4 Å². The number of hydrogen-bond acceptors (Lipinski definition) is 5. The van der Waals surface area contributed by atoms with Gasteiger partial charge in [0, 0.05) is 37.4 Å². The summed E-state index contributed by atoms with van der Waals surface area (Å²) in [5.41, 5.74) is 2.87. The first-order valence-electron chi connectivity index (χ1n) is 11.7. The Morgan fingerprint density at radius 3 is 2.06 bits per heavy atom. The molecule has 6 nitrogen and oxygen atoms in total. The lowest BCUT2D eigenvalue weighted by atomic mass is 9.62. The van der Waals surface area contributed by atoms with Crippen molar-refractivity contribution >= 4 is 17.5 Å². The van der Waals surface area contributed by atoms with E-state index in [1.165, 1.54) is 0 Å². The number of likely N-dealkylation sites (tertiary alicyclic amines) is 1. The molecule has 5 rings (SSSR count). The van der Waals surface area contributed by atoms with E-state index < -0.39 is 11.7 Å². The maximum absolute atomic E-state index is 13.3. The molecule has 33 heavy (non-hydrogen) atoms. The fourth-order valence-corrected chi connectivity index (χ4v) is 5.67. The smallest absolute Gasteiger partial charge is 0.225 e. The Balaban J connectivity index is 1.35. The Kier molecular flexibility index (Phi) is 5.38. The van der Waals surface area contributed by atoms with Gasteiger partial charge in [0.1, 0.15) is 17.5 Å². The molecule has 1 aromatic heterocycles. The fourth-order valence-electron chi connectivity index (χ4n) is 5.67. The number of hydrogen-bond donors (Lipinski definition) is 0. The Morgan fingerprint density at radius 2 is 1.55 bits per heavy atom. The van der Waals surface area contributed by atoms with Gasteiger partial charge < -0.3 is 4.90 Å². The highest BCUT2D eigenvalue weighted by Crippen LogP contribution is 2.47. The number of piperidine rings is 1. The van der Waals surface area contributed by atoms with Crippen LogP contribution < -0.4 is 0 Å². The van der Waals surface area contributed by atoms with E-state index in [9.17, 15) is 18.8 Å². The molecule has 2 aromatic rings. The van der Waals surface area contributed by atoms with Crippen molar-refractivity contribution in [2.45, 2.75) is 58.3 Å². The topological polar surface area (TPSA) is 80.2 Å². The molecule has 7 heteroatoms. The minimum Gasteiger partial charge on any atom is -0.342 e. The van der Waals surface area contributed by atoms with E-state index in [2.05, 4.69) is 9.97 Å². The molecular formula is C26H28FN3O3. The van der Waals surface area contributed by atoms with Crippen molar-refractivity contribution in [3.8, 4) is 11.4 Å². The predicted molar refractivity (Wildman–Crippen MR) is 120 cm³/mol. The number of rotatable bonds is 3. The van der Waals surface area contributed by atoms with Crippen LogP contribution in [0.15, 0.2) is 24.5 Å². The monoisotopic (exact) mass is 449 g/mol. The summed E-state index contributed by atoms with van der Waals surface area (Å²) in [5.74, 6) is -0.443. The van der Waals surface area contributed by atoms with Gasteiger partial charge >= 0.3 is 0 Å². The second-order valence-corrected chi connectivity index (χ2v) is 10.1. The van der Waals surface area contributed by atoms with E-state index in [0.717, 1.165) is 47.5 Å². The summed E-state index contributed by atoms with van der Waals surface area (Å²) in [5, 5.41) is 0. The van der Waals surface area contributed by atoms with Crippen molar-refractivity contribution in [3.63, 3.8) is 0 Å². The standard InChI is InChI=1S/C26H28FN3O3/c1-15-9-18(24-28-13-19(27)14-29-24)10-16(2)22(15)23-20(31)11-26(12-21(23)32)5-7-30(8-6-26)25(33)17-3-4-17/h9-10,13-14,17,23H,3-8,11-12H2,1-2H3. The zero-order valence-electron chi connectivity index (χ0n) is 19.1. The number of nitrogens with zero attached hydrogens (tertiary/aromatic N) is 3. The van der Waals surface area contributed by atoms with Gasteiger partial charge in [0.05, 0.1) is 12.4 Å². The molecule has 0 bridgehead atoms. The lowest BCUT2D eigenvalue weighted by Gasteiger charge is -2.45. The van der Waals surface area contributed by atoms with Gasteiger partial charge in [-0.2, -0.15) is 0 Å². The second kappa shape index (κ2) is 8.12. The minimum atomic E-state index is -0.745. The first kappa shape index (κ1) is 21.9. The summed E-state index contributed by atoms with van der Waals surface area (Å²) in [7, 11) is 0. The molecule has 1 aliphatic heterocycles. The molecule has 1 saturated heterocycles. The number of Topliss-reactive ketones (excluding diaryl/α,β-unsaturated/α-hetero) is 2. The Labute approximate surface area is 192 Å². The van der Waals surface area contributed by atoms with Gasteiger partial charge in [-0.05, 0) is 73.8 Å². The number of aromatic nitrogens is 2. The third-order valence-electron chi connectivity index (χ3n) is 7.57. The van der Waals surface area contributed by atoms with Crippen LogP contribution >= 0.6 is 0 Å². The lowest BCUT2D eigenvalue weighted by Crippen LogP contribution is -2.48. The van der Waals surface area contributed by atoms with Crippen LogP contribution in [0.3, 0.4) is 0 Å². The minimum absolute atomic E-state index is 0.0230.